The van der Waals surface area contributed by atoms with E-state index in [0.717, 1.165) is 21.3 Å². The van der Waals surface area contributed by atoms with E-state index in [-0.39, 0.29) is 17.3 Å². The fraction of sp³-hybridized carbons (Fsp3) is 0.364. The van der Waals surface area contributed by atoms with E-state index in [1.165, 1.54) is 15.6 Å². The van der Waals surface area contributed by atoms with Crippen molar-refractivity contribution in [2.24, 2.45) is 18.0 Å². The Kier molecular flexibility index (Phi) is 5.65. The van der Waals surface area contributed by atoms with Crippen molar-refractivity contribution in [2.75, 3.05) is 13.1 Å². The van der Waals surface area contributed by atoms with Gasteiger partial charge in [-0.15, -0.1) is 0 Å². The zero-order valence-corrected chi connectivity index (χ0v) is 19.0. The molecule has 1 fully saturated rings. The van der Waals surface area contributed by atoms with Gasteiger partial charge in [0.1, 0.15) is 0 Å². The van der Waals surface area contributed by atoms with Gasteiger partial charge in [-0.05, 0) is 56.5 Å². The summed E-state index contributed by atoms with van der Waals surface area (Å²) < 4.78 is 30.4. The summed E-state index contributed by atoms with van der Waals surface area (Å²) in [5.74, 6) is -0.677. The van der Waals surface area contributed by atoms with Crippen molar-refractivity contribution < 1.29 is 13.2 Å². The van der Waals surface area contributed by atoms with Gasteiger partial charge >= 0.3 is 0 Å². The predicted molar refractivity (Wildman–Crippen MR) is 119 cm³/mol. The summed E-state index contributed by atoms with van der Waals surface area (Å²) >= 11 is 1.48. The number of fused-ring (bicyclic) bond motifs is 1. The Morgan fingerprint density at radius 1 is 1.10 bits per heavy atom. The number of sulfonamides is 1. The van der Waals surface area contributed by atoms with Crippen LogP contribution in [0.15, 0.2) is 52.4 Å². The summed E-state index contributed by atoms with van der Waals surface area (Å²) in [6, 6.07) is 13.0. The van der Waals surface area contributed by atoms with Crippen molar-refractivity contribution in [1.29, 1.82) is 0 Å². The van der Waals surface area contributed by atoms with Crippen LogP contribution in [0.1, 0.15) is 24.0 Å². The molecule has 3 aromatic rings. The molecule has 1 aliphatic heterocycles. The van der Waals surface area contributed by atoms with E-state index < -0.39 is 15.9 Å². The summed E-state index contributed by atoms with van der Waals surface area (Å²) in [6.45, 7) is 4.55. The van der Waals surface area contributed by atoms with Crippen LogP contribution in [0.25, 0.3) is 10.2 Å². The highest BCUT2D eigenvalue weighted by atomic mass is 32.2. The minimum atomic E-state index is -3.61. The maximum atomic E-state index is 13.0. The SMILES string of the molecule is Cc1ccc(S(=O)(=O)N2CCCC(C(=O)N=c3sc4cc(C)ccc4n3C)C2)cc1. The summed E-state index contributed by atoms with van der Waals surface area (Å²) in [7, 11) is -1.72. The zero-order valence-electron chi connectivity index (χ0n) is 17.3. The Morgan fingerprint density at radius 2 is 1.80 bits per heavy atom. The Labute approximate surface area is 180 Å². The van der Waals surface area contributed by atoms with Gasteiger partial charge in [0.05, 0.1) is 21.0 Å². The van der Waals surface area contributed by atoms with E-state index in [0.29, 0.717) is 24.2 Å². The molecule has 1 aliphatic rings. The molecule has 1 atom stereocenters. The van der Waals surface area contributed by atoms with Crippen LogP contribution >= 0.6 is 11.3 Å². The topological polar surface area (TPSA) is 71.7 Å². The fourth-order valence-corrected chi connectivity index (χ4v) is 6.40. The van der Waals surface area contributed by atoms with E-state index in [1.807, 2.05) is 37.6 Å². The number of rotatable bonds is 3. The van der Waals surface area contributed by atoms with Crippen LogP contribution in [0.5, 0.6) is 0 Å². The van der Waals surface area contributed by atoms with Crippen molar-refractivity contribution in [3.63, 3.8) is 0 Å². The highest BCUT2D eigenvalue weighted by molar-refractivity contribution is 7.89. The summed E-state index contributed by atoms with van der Waals surface area (Å²) in [6.07, 6.45) is 1.30. The standard InChI is InChI=1S/C22H25N3O3S2/c1-15-6-9-18(10-7-15)30(27,28)25-12-4-5-17(14-25)21(26)23-22-24(3)19-11-8-16(2)13-20(19)29-22/h6-11,13,17H,4-5,12,14H2,1-3H3. The lowest BCUT2D eigenvalue weighted by Crippen LogP contribution is -2.42. The van der Waals surface area contributed by atoms with Gasteiger partial charge < -0.3 is 4.57 Å². The number of aromatic nitrogens is 1. The number of nitrogens with zero attached hydrogens (tertiary/aromatic N) is 3. The first kappa shape index (κ1) is 21.0. The van der Waals surface area contributed by atoms with E-state index >= 15 is 0 Å². The average Bonchev–Trinajstić information content (AvgIpc) is 3.03. The number of carbonyl (C=O) groups excluding carboxylic acids is 1. The number of hydrogen-bond donors (Lipinski definition) is 0. The molecule has 30 heavy (non-hydrogen) atoms. The van der Waals surface area contributed by atoms with E-state index in [1.54, 1.807) is 24.3 Å². The number of thiazole rings is 1. The van der Waals surface area contributed by atoms with E-state index in [4.69, 9.17) is 0 Å². The van der Waals surface area contributed by atoms with Crippen molar-refractivity contribution in [3.05, 3.63) is 58.4 Å². The Balaban J connectivity index is 1.59. The smallest absolute Gasteiger partial charge is 0.252 e. The first-order valence-electron chi connectivity index (χ1n) is 9.97. The number of aryl methyl sites for hydroxylation is 3. The van der Waals surface area contributed by atoms with Gasteiger partial charge in [-0.25, -0.2) is 8.42 Å². The van der Waals surface area contributed by atoms with Crippen LogP contribution in [-0.2, 0) is 21.9 Å². The molecule has 0 bridgehead atoms. The lowest BCUT2D eigenvalue weighted by Gasteiger charge is -2.30. The largest absolute Gasteiger partial charge is 0.319 e. The quantitative estimate of drug-likeness (QED) is 0.623. The molecule has 2 aromatic carbocycles. The van der Waals surface area contributed by atoms with Crippen LogP contribution < -0.4 is 4.80 Å². The Hall–Kier alpha value is -2.29. The second-order valence-corrected chi connectivity index (χ2v) is 10.8. The van der Waals surface area contributed by atoms with Gasteiger partial charge in [0, 0.05) is 20.1 Å². The van der Waals surface area contributed by atoms with E-state index in [9.17, 15) is 13.2 Å². The summed E-state index contributed by atoms with van der Waals surface area (Å²) in [5, 5.41) is 0. The molecule has 0 N–H and O–H groups in total. The maximum absolute atomic E-state index is 13.0. The highest BCUT2D eigenvalue weighted by Gasteiger charge is 2.33. The normalized spacial score (nSPS) is 18.8. The first-order chi connectivity index (χ1) is 14.3. The summed E-state index contributed by atoms with van der Waals surface area (Å²) in [4.78, 5) is 18.2. The molecule has 8 heteroatoms. The van der Waals surface area contributed by atoms with Gasteiger partial charge in [0.25, 0.3) is 5.91 Å². The molecule has 0 spiro atoms. The number of benzene rings is 2. The average molecular weight is 444 g/mol. The van der Waals surface area contributed by atoms with Crippen molar-refractivity contribution >= 4 is 37.5 Å². The van der Waals surface area contributed by atoms with Gasteiger partial charge in [-0.2, -0.15) is 9.30 Å². The Morgan fingerprint density at radius 3 is 2.53 bits per heavy atom. The van der Waals surface area contributed by atoms with E-state index in [2.05, 4.69) is 11.1 Å². The molecular weight excluding hydrogens is 418 g/mol. The molecule has 1 amide bonds. The second kappa shape index (κ2) is 8.09. The molecule has 1 saturated heterocycles. The van der Waals surface area contributed by atoms with Gasteiger partial charge in [-0.3, -0.25) is 4.79 Å². The number of amides is 1. The Bertz CT molecular complexity index is 1270. The second-order valence-electron chi connectivity index (χ2n) is 7.88. The lowest BCUT2D eigenvalue weighted by atomic mass is 9.99. The van der Waals surface area contributed by atoms with Crippen LogP contribution in [0.3, 0.4) is 0 Å². The monoisotopic (exact) mass is 443 g/mol. The van der Waals surface area contributed by atoms with Crippen molar-refractivity contribution in [1.82, 2.24) is 8.87 Å². The molecule has 158 valence electrons. The molecular formula is C22H25N3O3S2. The highest BCUT2D eigenvalue weighted by Crippen LogP contribution is 2.25. The van der Waals surface area contributed by atoms with Gasteiger partial charge in [-0.1, -0.05) is 35.1 Å². The number of carbonyl (C=O) groups is 1. The maximum Gasteiger partial charge on any atom is 0.252 e. The molecule has 1 unspecified atom stereocenters. The van der Waals surface area contributed by atoms with Crippen LogP contribution in [0.2, 0.25) is 0 Å². The van der Waals surface area contributed by atoms with Crippen LogP contribution in [-0.4, -0.2) is 36.3 Å². The van der Waals surface area contributed by atoms with Crippen molar-refractivity contribution in [3.8, 4) is 0 Å². The first-order valence-corrected chi connectivity index (χ1v) is 12.2. The third kappa shape index (κ3) is 3.99. The minimum absolute atomic E-state index is 0.173. The zero-order chi connectivity index (χ0) is 21.5. The summed E-state index contributed by atoms with van der Waals surface area (Å²) in [5.41, 5.74) is 3.20. The third-order valence-corrected chi connectivity index (χ3v) is 8.54. The predicted octanol–water partition coefficient (Wildman–Crippen LogP) is 3.38. The van der Waals surface area contributed by atoms with Gasteiger partial charge in [0.15, 0.2) is 4.80 Å². The van der Waals surface area contributed by atoms with Crippen LogP contribution in [0.4, 0.5) is 0 Å². The molecule has 2 heterocycles. The number of piperidine rings is 1. The van der Waals surface area contributed by atoms with Crippen LogP contribution in [0, 0.1) is 19.8 Å². The molecule has 0 radical (unpaired) electrons. The molecule has 0 aliphatic carbocycles. The fourth-order valence-electron chi connectivity index (χ4n) is 3.76. The lowest BCUT2D eigenvalue weighted by molar-refractivity contribution is -0.122. The molecule has 4 rings (SSSR count). The third-order valence-electron chi connectivity index (χ3n) is 5.56. The number of hydrogen-bond acceptors (Lipinski definition) is 4. The minimum Gasteiger partial charge on any atom is -0.319 e. The van der Waals surface area contributed by atoms with Crippen molar-refractivity contribution in [2.45, 2.75) is 31.6 Å². The molecule has 0 saturated carbocycles. The molecule has 6 nitrogen and oxygen atoms in total. The van der Waals surface area contributed by atoms with Gasteiger partial charge in [0.2, 0.25) is 10.0 Å². The molecule has 1 aromatic heterocycles.